The van der Waals surface area contributed by atoms with Gasteiger partial charge in [-0.3, -0.25) is 18.7 Å². The van der Waals surface area contributed by atoms with Crippen LogP contribution in [0.3, 0.4) is 0 Å². The summed E-state index contributed by atoms with van der Waals surface area (Å²) in [5.41, 5.74) is 0. The molecule has 2 saturated carbocycles. The fourth-order valence-corrected chi connectivity index (χ4v) is 5.96. The second-order valence-corrected chi connectivity index (χ2v) is 10.8. The van der Waals surface area contributed by atoms with Crippen LogP contribution in [0.5, 0.6) is 0 Å². The Hall–Kier alpha value is -1.48. The van der Waals surface area contributed by atoms with Crippen molar-refractivity contribution < 1.29 is 70.2 Å². The highest BCUT2D eigenvalue weighted by Gasteiger charge is 2.53. The lowest BCUT2D eigenvalue weighted by atomic mass is 9.78. The molecule has 2 aliphatic carbocycles. The molecule has 10 atom stereocenters. The Morgan fingerprint density at radius 2 is 1.62 bits per heavy atom. The van der Waals surface area contributed by atoms with Gasteiger partial charge in [0.1, 0.15) is 24.4 Å². The number of aliphatic hydroxyl groups excluding tert-OH is 3. The molecule has 0 radical (unpaired) electrons. The number of aliphatic carboxylic acids is 1. The monoisotopic (exact) mass is 537 g/mol. The number of hydrogen-bond acceptors (Lipinski definition) is 12. The fourth-order valence-electron chi connectivity index (χ4n) is 4.46. The fraction of sp³-hybridized carbons (Fsp3) is 0.875. The summed E-state index contributed by atoms with van der Waals surface area (Å²) in [6, 6.07) is -1.82. The lowest BCUT2D eigenvalue weighted by Gasteiger charge is -2.47. The van der Waals surface area contributed by atoms with E-state index in [2.05, 4.69) is 4.74 Å². The predicted octanol–water partition coefficient (Wildman–Crippen LogP) is -3.85. The van der Waals surface area contributed by atoms with Crippen molar-refractivity contribution in [2.45, 2.75) is 61.6 Å². The van der Waals surface area contributed by atoms with E-state index in [-0.39, 0.29) is 12.9 Å². The third-order valence-electron chi connectivity index (χ3n) is 5.93. The van der Waals surface area contributed by atoms with Crippen LogP contribution < -0.4 is 4.72 Å². The van der Waals surface area contributed by atoms with Gasteiger partial charge in [0, 0.05) is 13.0 Å². The van der Waals surface area contributed by atoms with Crippen LogP contribution in [-0.2, 0) is 44.2 Å². The first-order valence-corrected chi connectivity index (χ1v) is 12.9. The van der Waals surface area contributed by atoms with Gasteiger partial charge >= 0.3 is 16.3 Å². The molecule has 0 heterocycles. The van der Waals surface area contributed by atoms with Crippen LogP contribution >= 0.6 is 0 Å². The minimum atomic E-state index is -5.04. The van der Waals surface area contributed by atoms with Gasteiger partial charge in [-0.05, 0) is 12.8 Å². The number of nitrogens with one attached hydrogen (secondary N) is 1. The smallest absolute Gasteiger partial charge is 0.333 e. The van der Waals surface area contributed by atoms with Gasteiger partial charge in [-0.25, -0.2) is 0 Å². The third-order valence-corrected chi connectivity index (χ3v) is 7.35. The number of aliphatic hydroxyl groups is 3. The van der Waals surface area contributed by atoms with Crippen molar-refractivity contribution in [3.63, 3.8) is 0 Å². The molecule has 0 amide bonds. The van der Waals surface area contributed by atoms with E-state index >= 15 is 0 Å². The molecule has 7 N–H and O–H groups in total. The molecule has 2 aliphatic rings. The lowest BCUT2D eigenvalue weighted by Crippen LogP contribution is -2.65. The first-order valence-electron chi connectivity index (χ1n) is 9.83. The van der Waals surface area contributed by atoms with Crippen LogP contribution in [0, 0.1) is 11.8 Å². The first kappa shape index (κ1) is 28.8. The van der Waals surface area contributed by atoms with Crippen molar-refractivity contribution in [2.24, 2.45) is 11.8 Å². The van der Waals surface area contributed by atoms with E-state index in [4.69, 9.17) is 9.47 Å². The Morgan fingerprint density at radius 3 is 2.09 bits per heavy atom. The van der Waals surface area contributed by atoms with Crippen LogP contribution in [0.4, 0.5) is 0 Å². The normalized spacial score (nSPS) is 39.4. The highest BCUT2D eigenvalue weighted by Crippen LogP contribution is 2.36. The summed E-state index contributed by atoms with van der Waals surface area (Å²) in [5, 5.41) is 40.9. The van der Waals surface area contributed by atoms with Crippen molar-refractivity contribution in [2.75, 3.05) is 12.9 Å². The summed E-state index contributed by atoms with van der Waals surface area (Å²) in [6.45, 7) is -0.150. The molecular formula is C16H27NO15S2. The van der Waals surface area contributed by atoms with Crippen molar-refractivity contribution in [1.29, 1.82) is 0 Å². The standard InChI is InChI=1S/C16H27NO15S2/c1-30-9-3-7(16(22)23)15(13(21)11(9)19)32-8-2-6(4-33(24,25)26)14(31-5-18)12(20)10(8)17-34(27,28)29/h5-15,17,19-21H,2-4H2,1H3,(H,22,23)(H,24,25,26)(H,27,28,29)/t6?,7?,8-,9-,10?,11?,12-,13-,14+,15+/m1/s1. The summed E-state index contributed by atoms with van der Waals surface area (Å²) in [5.74, 6) is -5.40. The summed E-state index contributed by atoms with van der Waals surface area (Å²) < 4.78 is 81.2. The van der Waals surface area contributed by atoms with Gasteiger partial charge in [0.05, 0.1) is 36.0 Å². The minimum absolute atomic E-state index is 0.150. The molecule has 198 valence electrons. The minimum Gasteiger partial charge on any atom is -0.481 e. The SMILES string of the molecule is CO[C@@H]1CC(C(=O)O)[C@H](O[C@@H]2CC(CS(=O)(=O)O)[C@H](OC=O)[C@H](O)C2NS(=O)(=O)O)[C@H](O)C1O. The van der Waals surface area contributed by atoms with Gasteiger partial charge in [0.2, 0.25) is 0 Å². The number of rotatable bonds is 10. The van der Waals surface area contributed by atoms with Crippen molar-refractivity contribution >= 4 is 32.9 Å². The van der Waals surface area contributed by atoms with Crippen molar-refractivity contribution in [3.8, 4) is 0 Å². The molecule has 0 aromatic heterocycles. The molecule has 16 nitrogen and oxygen atoms in total. The van der Waals surface area contributed by atoms with Crippen LogP contribution in [0.2, 0.25) is 0 Å². The number of carboxylic acid groups (broad SMARTS) is 1. The van der Waals surface area contributed by atoms with Crippen LogP contribution in [0.1, 0.15) is 12.8 Å². The number of carbonyl (C=O) groups is 2. The number of ether oxygens (including phenoxy) is 3. The lowest BCUT2D eigenvalue weighted by molar-refractivity contribution is -0.219. The second kappa shape index (κ2) is 11.1. The molecule has 0 saturated heterocycles. The highest BCUT2D eigenvalue weighted by atomic mass is 32.2. The van der Waals surface area contributed by atoms with E-state index in [1.54, 1.807) is 4.72 Å². The summed E-state index contributed by atoms with van der Waals surface area (Å²) in [7, 11) is -8.57. The second-order valence-electron chi connectivity index (χ2n) is 8.13. The summed E-state index contributed by atoms with van der Waals surface area (Å²) >= 11 is 0. The Bertz CT molecular complexity index is 940. The molecule has 34 heavy (non-hydrogen) atoms. The zero-order chi connectivity index (χ0) is 26.0. The maximum atomic E-state index is 11.8. The van der Waals surface area contributed by atoms with E-state index < -0.39 is 99.2 Å². The molecule has 0 aromatic carbocycles. The van der Waals surface area contributed by atoms with Gasteiger partial charge in [-0.2, -0.15) is 21.6 Å². The number of carboxylic acids is 1. The summed E-state index contributed by atoms with van der Waals surface area (Å²) in [6.07, 6.45) is -12.5. The van der Waals surface area contributed by atoms with Crippen LogP contribution in [0.25, 0.3) is 0 Å². The molecule has 18 heteroatoms. The largest absolute Gasteiger partial charge is 0.481 e. The van der Waals surface area contributed by atoms with Gasteiger partial charge in [0.15, 0.2) is 0 Å². The van der Waals surface area contributed by atoms with Crippen molar-refractivity contribution in [3.05, 3.63) is 0 Å². The molecule has 0 aliphatic heterocycles. The Labute approximate surface area is 194 Å². The molecule has 2 fully saturated rings. The third kappa shape index (κ3) is 7.03. The van der Waals surface area contributed by atoms with E-state index in [0.717, 1.165) is 0 Å². The van der Waals surface area contributed by atoms with Gasteiger partial charge in [-0.15, -0.1) is 0 Å². The maximum absolute atomic E-state index is 11.8. The van der Waals surface area contributed by atoms with Crippen molar-refractivity contribution in [1.82, 2.24) is 4.72 Å². The molecule has 0 bridgehead atoms. The average molecular weight is 538 g/mol. The molecule has 0 aromatic rings. The molecule has 4 unspecified atom stereocenters. The predicted molar refractivity (Wildman–Crippen MR) is 107 cm³/mol. The van der Waals surface area contributed by atoms with E-state index in [0.29, 0.717) is 0 Å². The number of hydrogen-bond donors (Lipinski definition) is 7. The average Bonchev–Trinajstić information content (AvgIpc) is 2.69. The van der Waals surface area contributed by atoms with Gasteiger partial charge in [0.25, 0.3) is 16.6 Å². The zero-order valence-electron chi connectivity index (χ0n) is 17.6. The number of carbonyl (C=O) groups excluding carboxylic acids is 1. The Morgan fingerprint density at radius 1 is 1.00 bits per heavy atom. The van der Waals surface area contributed by atoms with Crippen LogP contribution in [-0.4, -0.2) is 120 Å². The molecule has 0 spiro atoms. The molecular weight excluding hydrogens is 510 g/mol. The first-order chi connectivity index (χ1) is 15.6. The van der Waals surface area contributed by atoms with Gasteiger partial charge < -0.3 is 34.6 Å². The maximum Gasteiger partial charge on any atom is 0.333 e. The highest BCUT2D eigenvalue weighted by molar-refractivity contribution is 7.85. The Kier molecular flexibility index (Phi) is 9.35. The zero-order valence-corrected chi connectivity index (χ0v) is 19.3. The topological polar surface area (TPSA) is 264 Å². The molecule has 2 rings (SSSR count). The number of methoxy groups -OCH3 is 1. The summed E-state index contributed by atoms with van der Waals surface area (Å²) in [4.78, 5) is 22.7. The van der Waals surface area contributed by atoms with Gasteiger partial charge in [-0.1, -0.05) is 0 Å². The van der Waals surface area contributed by atoms with Crippen LogP contribution in [0.15, 0.2) is 0 Å². The quantitative estimate of drug-likeness (QED) is 0.104. The van der Waals surface area contributed by atoms with E-state index in [9.17, 15) is 56.0 Å². The van der Waals surface area contributed by atoms with E-state index in [1.165, 1.54) is 7.11 Å². The van der Waals surface area contributed by atoms with E-state index in [1.807, 2.05) is 0 Å². The Balaban J connectivity index is 2.46.